The monoisotopic (exact) mass is 265 g/mol. The maximum Gasteiger partial charge on any atom is 0.304 e. The van der Waals surface area contributed by atoms with E-state index in [1.165, 1.54) is 0 Å². The SMILES string of the molecule is CC(C)(C)N(CCC(=O)O)CC(O)c1ccccc1. The van der Waals surface area contributed by atoms with Crippen molar-refractivity contribution in [2.75, 3.05) is 13.1 Å². The van der Waals surface area contributed by atoms with Crippen molar-refractivity contribution in [1.29, 1.82) is 0 Å². The largest absolute Gasteiger partial charge is 0.481 e. The quantitative estimate of drug-likeness (QED) is 0.828. The van der Waals surface area contributed by atoms with Gasteiger partial charge in [-0.05, 0) is 26.3 Å². The molecule has 1 atom stereocenters. The molecule has 0 amide bonds. The van der Waals surface area contributed by atoms with Crippen molar-refractivity contribution in [3.05, 3.63) is 35.9 Å². The van der Waals surface area contributed by atoms with E-state index in [-0.39, 0.29) is 12.0 Å². The molecule has 0 heterocycles. The number of nitrogens with zero attached hydrogens (tertiary/aromatic N) is 1. The summed E-state index contributed by atoms with van der Waals surface area (Å²) >= 11 is 0. The standard InChI is InChI=1S/C15H23NO3/c1-15(2,3)16(10-9-14(18)19)11-13(17)12-7-5-4-6-8-12/h4-8,13,17H,9-11H2,1-3H3,(H,18,19). The van der Waals surface area contributed by atoms with Gasteiger partial charge in [0, 0.05) is 18.6 Å². The van der Waals surface area contributed by atoms with Crippen LogP contribution < -0.4 is 0 Å². The molecule has 1 aromatic carbocycles. The molecule has 0 fully saturated rings. The lowest BCUT2D eigenvalue weighted by Crippen LogP contribution is -2.44. The van der Waals surface area contributed by atoms with Crippen LogP contribution in [0.2, 0.25) is 0 Å². The Kier molecular flexibility index (Phi) is 5.51. The van der Waals surface area contributed by atoms with Crippen LogP contribution in [0.4, 0.5) is 0 Å². The van der Waals surface area contributed by atoms with Crippen molar-refractivity contribution in [3.8, 4) is 0 Å². The predicted molar refractivity (Wildman–Crippen MR) is 75.0 cm³/mol. The van der Waals surface area contributed by atoms with Crippen molar-refractivity contribution < 1.29 is 15.0 Å². The fraction of sp³-hybridized carbons (Fsp3) is 0.533. The first-order valence-corrected chi connectivity index (χ1v) is 6.50. The maximum absolute atomic E-state index is 10.7. The average molecular weight is 265 g/mol. The molecule has 0 saturated carbocycles. The van der Waals surface area contributed by atoms with Crippen LogP contribution in [0, 0.1) is 0 Å². The van der Waals surface area contributed by atoms with Gasteiger partial charge < -0.3 is 10.2 Å². The summed E-state index contributed by atoms with van der Waals surface area (Å²) in [6.45, 7) is 6.93. The minimum Gasteiger partial charge on any atom is -0.481 e. The number of hydrogen-bond donors (Lipinski definition) is 2. The van der Waals surface area contributed by atoms with Crippen molar-refractivity contribution in [2.45, 2.75) is 38.8 Å². The van der Waals surface area contributed by atoms with E-state index in [4.69, 9.17) is 5.11 Å². The fourth-order valence-electron chi connectivity index (χ4n) is 1.92. The molecule has 0 aromatic heterocycles. The second-order valence-electron chi connectivity index (χ2n) is 5.69. The van der Waals surface area contributed by atoms with Gasteiger partial charge in [-0.25, -0.2) is 0 Å². The zero-order valence-electron chi connectivity index (χ0n) is 11.8. The van der Waals surface area contributed by atoms with E-state index in [9.17, 15) is 9.90 Å². The second kappa shape index (κ2) is 6.68. The first-order valence-electron chi connectivity index (χ1n) is 6.50. The summed E-state index contributed by atoms with van der Waals surface area (Å²) in [5.41, 5.74) is 0.678. The molecule has 0 aliphatic carbocycles. The van der Waals surface area contributed by atoms with E-state index in [0.29, 0.717) is 13.1 Å². The van der Waals surface area contributed by atoms with Gasteiger partial charge in [0.15, 0.2) is 0 Å². The Morgan fingerprint density at radius 2 is 1.84 bits per heavy atom. The van der Waals surface area contributed by atoms with Crippen LogP contribution in [0.15, 0.2) is 30.3 Å². The molecule has 106 valence electrons. The van der Waals surface area contributed by atoms with Gasteiger partial charge in [-0.2, -0.15) is 0 Å². The Morgan fingerprint density at radius 3 is 2.32 bits per heavy atom. The first kappa shape index (κ1) is 15.7. The van der Waals surface area contributed by atoms with Crippen LogP contribution in [0.25, 0.3) is 0 Å². The van der Waals surface area contributed by atoms with Gasteiger partial charge in [-0.1, -0.05) is 30.3 Å². The fourth-order valence-corrected chi connectivity index (χ4v) is 1.92. The van der Waals surface area contributed by atoms with Gasteiger partial charge in [0.05, 0.1) is 12.5 Å². The highest BCUT2D eigenvalue weighted by molar-refractivity contribution is 5.66. The molecule has 1 unspecified atom stereocenters. The molecule has 19 heavy (non-hydrogen) atoms. The van der Waals surface area contributed by atoms with Crippen LogP contribution in [-0.2, 0) is 4.79 Å². The van der Waals surface area contributed by atoms with Crippen LogP contribution in [0.1, 0.15) is 38.9 Å². The molecule has 1 aromatic rings. The Labute approximate surface area is 114 Å². The first-order chi connectivity index (χ1) is 8.80. The van der Waals surface area contributed by atoms with Gasteiger partial charge >= 0.3 is 5.97 Å². The molecule has 0 spiro atoms. The molecule has 0 radical (unpaired) electrons. The maximum atomic E-state index is 10.7. The third-order valence-electron chi connectivity index (χ3n) is 3.12. The number of β-amino-alcohol motifs (C(OH)–C–C–N with tert-alkyl or cyclic N) is 1. The summed E-state index contributed by atoms with van der Waals surface area (Å²) in [5.74, 6) is -0.816. The average Bonchev–Trinajstić information content (AvgIpc) is 2.33. The zero-order valence-corrected chi connectivity index (χ0v) is 11.8. The lowest BCUT2D eigenvalue weighted by Gasteiger charge is -2.36. The molecule has 0 bridgehead atoms. The molecule has 0 aliphatic rings. The second-order valence-corrected chi connectivity index (χ2v) is 5.69. The number of carbonyl (C=O) groups is 1. The molecular formula is C15H23NO3. The number of aliphatic hydroxyl groups excluding tert-OH is 1. The summed E-state index contributed by atoms with van der Waals surface area (Å²) in [7, 11) is 0. The van der Waals surface area contributed by atoms with Gasteiger partial charge in [0.1, 0.15) is 0 Å². The number of hydrogen-bond acceptors (Lipinski definition) is 3. The Hall–Kier alpha value is -1.39. The lowest BCUT2D eigenvalue weighted by molar-refractivity contribution is -0.137. The molecule has 0 saturated heterocycles. The van der Waals surface area contributed by atoms with E-state index in [0.717, 1.165) is 5.56 Å². The van der Waals surface area contributed by atoms with E-state index in [1.807, 2.05) is 56.0 Å². The number of carboxylic acid groups (broad SMARTS) is 1. The van der Waals surface area contributed by atoms with Crippen LogP contribution in [0.5, 0.6) is 0 Å². The number of aliphatic carboxylic acids is 1. The van der Waals surface area contributed by atoms with Crippen molar-refractivity contribution in [1.82, 2.24) is 4.90 Å². The molecule has 2 N–H and O–H groups in total. The third-order valence-corrected chi connectivity index (χ3v) is 3.12. The van der Waals surface area contributed by atoms with Gasteiger partial charge in [0.25, 0.3) is 0 Å². The van der Waals surface area contributed by atoms with Crippen LogP contribution in [0.3, 0.4) is 0 Å². The highest BCUT2D eigenvalue weighted by atomic mass is 16.4. The summed E-state index contributed by atoms with van der Waals surface area (Å²) in [6, 6.07) is 9.43. The number of aliphatic hydroxyl groups is 1. The summed E-state index contributed by atoms with van der Waals surface area (Å²) < 4.78 is 0. The van der Waals surface area contributed by atoms with Crippen LogP contribution >= 0.6 is 0 Å². The minimum absolute atomic E-state index is 0.0821. The van der Waals surface area contributed by atoms with Crippen molar-refractivity contribution in [2.24, 2.45) is 0 Å². The van der Waals surface area contributed by atoms with E-state index < -0.39 is 12.1 Å². The number of benzene rings is 1. The lowest BCUT2D eigenvalue weighted by atomic mass is 10.0. The van der Waals surface area contributed by atoms with Crippen LogP contribution in [-0.4, -0.2) is 39.7 Å². The van der Waals surface area contributed by atoms with Gasteiger partial charge in [0.2, 0.25) is 0 Å². The smallest absolute Gasteiger partial charge is 0.304 e. The Bertz CT molecular complexity index is 398. The molecule has 4 heteroatoms. The molecule has 1 rings (SSSR count). The highest BCUT2D eigenvalue weighted by Crippen LogP contribution is 2.20. The Morgan fingerprint density at radius 1 is 1.26 bits per heavy atom. The van der Waals surface area contributed by atoms with Crippen molar-refractivity contribution in [3.63, 3.8) is 0 Å². The predicted octanol–water partition coefficient (Wildman–Crippen LogP) is 2.30. The summed E-state index contributed by atoms with van der Waals surface area (Å²) in [4.78, 5) is 12.7. The topological polar surface area (TPSA) is 60.8 Å². The highest BCUT2D eigenvalue weighted by Gasteiger charge is 2.24. The van der Waals surface area contributed by atoms with Gasteiger partial charge in [-0.15, -0.1) is 0 Å². The molecular weight excluding hydrogens is 242 g/mol. The zero-order chi connectivity index (χ0) is 14.5. The summed E-state index contributed by atoms with van der Waals surface area (Å²) in [5, 5.41) is 19.0. The number of rotatable bonds is 6. The van der Waals surface area contributed by atoms with E-state index >= 15 is 0 Å². The summed E-state index contributed by atoms with van der Waals surface area (Å²) in [6.07, 6.45) is -0.520. The van der Waals surface area contributed by atoms with E-state index in [1.54, 1.807) is 0 Å². The number of carboxylic acids is 1. The molecule has 0 aliphatic heterocycles. The normalized spacial score (nSPS) is 13.5. The van der Waals surface area contributed by atoms with Gasteiger partial charge in [-0.3, -0.25) is 9.69 Å². The molecule has 4 nitrogen and oxygen atoms in total. The van der Waals surface area contributed by atoms with Crippen molar-refractivity contribution >= 4 is 5.97 Å². The van der Waals surface area contributed by atoms with E-state index in [2.05, 4.69) is 0 Å². The Balaban J connectivity index is 2.69. The minimum atomic E-state index is -0.816. The third kappa shape index (κ3) is 5.41.